The number of aromatic nitrogens is 1. The largest absolute Gasteiger partial charge is 0.497 e. The lowest BCUT2D eigenvalue weighted by molar-refractivity contribution is -0.137. The molecule has 1 atom stereocenters. The monoisotopic (exact) mass is 378 g/mol. The van der Waals surface area contributed by atoms with Gasteiger partial charge in [0.15, 0.2) is 0 Å². The van der Waals surface area contributed by atoms with Crippen molar-refractivity contribution in [3.05, 3.63) is 78.6 Å². The van der Waals surface area contributed by atoms with Gasteiger partial charge in [0.2, 0.25) is 5.91 Å². The second kappa shape index (κ2) is 8.90. The molecule has 0 fully saturated rings. The van der Waals surface area contributed by atoms with Gasteiger partial charge in [0.1, 0.15) is 5.75 Å². The molecule has 2 aromatic carbocycles. The van der Waals surface area contributed by atoms with E-state index >= 15 is 0 Å². The molecule has 1 amide bonds. The van der Waals surface area contributed by atoms with Crippen molar-refractivity contribution in [2.45, 2.75) is 18.8 Å². The summed E-state index contributed by atoms with van der Waals surface area (Å²) < 4.78 is 7.08. The predicted octanol–water partition coefficient (Wildman–Crippen LogP) is 4.07. The third-order valence-corrected chi connectivity index (χ3v) is 4.47. The Morgan fingerprint density at radius 2 is 1.75 bits per heavy atom. The lowest BCUT2D eigenvalue weighted by atomic mass is 9.92. The summed E-state index contributed by atoms with van der Waals surface area (Å²) in [5.74, 6) is -0.907. The first-order chi connectivity index (χ1) is 13.5. The highest BCUT2D eigenvalue weighted by atomic mass is 16.5. The quantitative estimate of drug-likeness (QED) is 0.619. The number of benzene rings is 2. The third-order valence-electron chi connectivity index (χ3n) is 4.47. The fraction of sp³-hybridized carbons (Fsp3) is 0.182. The average Bonchev–Trinajstić information content (AvgIpc) is 3.22. The number of methoxy groups -OCH3 is 1. The van der Waals surface area contributed by atoms with Crippen LogP contribution in [0.4, 0.5) is 5.69 Å². The molecule has 0 radical (unpaired) electrons. The number of carboxylic acids is 1. The van der Waals surface area contributed by atoms with E-state index in [9.17, 15) is 14.7 Å². The molecule has 6 nitrogen and oxygen atoms in total. The Hall–Kier alpha value is -3.54. The molecule has 1 heterocycles. The number of carbonyl (C=O) groups is 2. The van der Waals surface area contributed by atoms with Crippen molar-refractivity contribution in [3.8, 4) is 11.4 Å². The highest BCUT2D eigenvalue weighted by Crippen LogP contribution is 2.26. The standard InChI is InChI=1S/C22H22N2O4/c1-28-20-9-7-16(8-10-20)17(14-22(26)27)13-21(25)23-18-5-4-6-19(15-18)24-11-2-3-12-24/h2-12,15,17H,13-14H2,1H3,(H,23,25)(H,26,27). The van der Waals surface area contributed by atoms with Crippen LogP contribution >= 0.6 is 0 Å². The van der Waals surface area contributed by atoms with E-state index in [4.69, 9.17) is 4.74 Å². The second-order valence-electron chi connectivity index (χ2n) is 6.46. The van der Waals surface area contributed by atoms with Crippen LogP contribution in [0.2, 0.25) is 0 Å². The van der Waals surface area contributed by atoms with E-state index in [0.29, 0.717) is 11.4 Å². The zero-order chi connectivity index (χ0) is 19.9. The summed E-state index contributed by atoms with van der Waals surface area (Å²) in [6, 6.07) is 18.5. The van der Waals surface area contributed by atoms with E-state index in [-0.39, 0.29) is 18.7 Å². The van der Waals surface area contributed by atoms with Crippen molar-refractivity contribution < 1.29 is 19.4 Å². The molecule has 0 aliphatic heterocycles. The number of rotatable bonds is 8. The summed E-state index contributed by atoms with van der Waals surface area (Å²) in [5.41, 5.74) is 2.39. The van der Waals surface area contributed by atoms with E-state index in [1.807, 2.05) is 53.4 Å². The molecule has 144 valence electrons. The lowest BCUT2D eigenvalue weighted by Gasteiger charge is -2.16. The lowest BCUT2D eigenvalue weighted by Crippen LogP contribution is -2.18. The van der Waals surface area contributed by atoms with Crippen LogP contribution in [-0.2, 0) is 9.59 Å². The maximum atomic E-state index is 12.6. The molecule has 0 spiro atoms. The maximum absolute atomic E-state index is 12.6. The molecular formula is C22H22N2O4. The smallest absolute Gasteiger partial charge is 0.303 e. The molecule has 0 aliphatic rings. The number of hydrogen-bond donors (Lipinski definition) is 2. The highest BCUT2D eigenvalue weighted by Gasteiger charge is 2.20. The van der Waals surface area contributed by atoms with Gasteiger partial charge in [0.05, 0.1) is 13.5 Å². The van der Waals surface area contributed by atoms with E-state index in [1.165, 1.54) is 0 Å². The van der Waals surface area contributed by atoms with E-state index in [1.54, 1.807) is 31.4 Å². The van der Waals surface area contributed by atoms with Crippen molar-refractivity contribution in [2.75, 3.05) is 12.4 Å². The first-order valence-electron chi connectivity index (χ1n) is 8.94. The van der Waals surface area contributed by atoms with Crippen LogP contribution in [-0.4, -0.2) is 28.7 Å². The highest BCUT2D eigenvalue weighted by molar-refractivity contribution is 5.91. The minimum Gasteiger partial charge on any atom is -0.497 e. The van der Waals surface area contributed by atoms with Gasteiger partial charge < -0.3 is 19.7 Å². The van der Waals surface area contributed by atoms with Gasteiger partial charge >= 0.3 is 5.97 Å². The molecule has 0 saturated heterocycles. The first kappa shape index (κ1) is 19.2. The fourth-order valence-electron chi connectivity index (χ4n) is 3.08. The molecule has 0 aliphatic carbocycles. The van der Waals surface area contributed by atoms with Crippen molar-refractivity contribution >= 4 is 17.6 Å². The van der Waals surface area contributed by atoms with Crippen LogP contribution in [0.15, 0.2) is 73.1 Å². The Balaban J connectivity index is 1.71. The first-order valence-corrected chi connectivity index (χ1v) is 8.94. The Morgan fingerprint density at radius 1 is 1.04 bits per heavy atom. The number of anilines is 1. The Morgan fingerprint density at radius 3 is 2.39 bits per heavy atom. The molecule has 2 N–H and O–H groups in total. The van der Waals surface area contributed by atoms with Gasteiger partial charge in [-0.1, -0.05) is 18.2 Å². The Kier molecular flexibility index (Phi) is 6.11. The summed E-state index contributed by atoms with van der Waals surface area (Å²) in [5, 5.41) is 12.1. The van der Waals surface area contributed by atoms with Gasteiger partial charge in [0.25, 0.3) is 0 Å². The predicted molar refractivity (Wildman–Crippen MR) is 107 cm³/mol. The van der Waals surface area contributed by atoms with Crippen LogP contribution in [0.1, 0.15) is 24.3 Å². The van der Waals surface area contributed by atoms with Crippen molar-refractivity contribution in [2.24, 2.45) is 0 Å². The van der Waals surface area contributed by atoms with Crippen molar-refractivity contribution in [3.63, 3.8) is 0 Å². The average molecular weight is 378 g/mol. The van der Waals surface area contributed by atoms with Gasteiger partial charge in [-0.2, -0.15) is 0 Å². The topological polar surface area (TPSA) is 80.6 Å². The van der Waals surface area contributed by atoms with Crippen molar-refractivity contribution in [1.82, 2.24) is 4.57 Å². The number of carboxylic acid groups (broad SMARTS) is 1. The Bertz CT molecular complexity index is 933. The molecule has 3 rings (SSSR count). The van der Waals surface area contributed by atoms with Crippen LogP contribution in [0, 0.1) is 0 Å². The molecule has 6 heteroatoms. The molecule has 0 bridgehead atoms. The normalized spacial score (nSPS) is 11.6. The summed E-state index contributed by atoms with van der Waals surface area (Å²) >= 11 is 0. The van der Waals surface area contributed by atoms with Gasteiger partial charge in [0, 0.05) is 36.1 Å². The third kappa shape index (κ3) is 5.01. The van der Waals surface area contributed by atoms with E-state index in [2.05, 4.69) is 5.32 Å². The summed E-state index contributed by atoms with van der Waals surface area (Å²) in [6.07, 6.45) is 3.80. The van der Waals surface area contributed by atoms with Gasteiger partial charge in [-0.25, -0.2) is 0 Å². The van der Waals surface area contributed by atoms with Gasteiger partial charge in [-0.15, -0.1) is 0 Å². The number of ether oxygens (including phenoxy) is 1. The van der Waals surface area contributed by atoms with Crippen LogP contribution < -0.4 is 10.1 Å². The van der Waals surface area contributed by atoms with Crippen molar-refractivity contribution in [1.29, 1.82) is 0 Å². The number of aliphatic carboxylic acids is 1. The zero-order valence-electron chi connectivity index (χ0n) is 15.5. The minimum absolute atomic E-state index is 0.0758. The van der Waals surface area contributed by atoms with Crippen LogP contribution in [0.3, 0.4) is 0 Å². The zero-order valence-corrected chi connectivity index (χ0v) is 15.5. The number of carbonyl (C=O) groups excluding carboxylic acids is 1. The van der Waals surface area contributed by atoms with E-state index in [0.717, 1.165) is 11.3 Å². The number of hydrogen-bond acceptors (Lipinski definition) is 3. The number of amides is 1. The number of nitrogens with zero attached hydrogens (tertiary/aromatic N) is 1. The molecule has 1 aromatic heterocycles. The summed E-state index contributed by atoms with van der Waals surface area (Å²) in [4.78, 5) is 23.8. The molecular weight excluding hydrogens is 356 g/mol. The molecule has 28 heavy (non-hydrogen) atoms. The maximum Gasteiger partial charge on any atom is 0.303 e. The van der Waals surface area contributed by atoms with Gasteiger partial charge in [-0.3, -0.25) is 9.59 Å². The second-order valence-corrected chi connectivity index (χ2v) is 6.46. The van der Waals surface area contributed by atoms with E-state index < -0.39 is 11.9 Å². The van der Waals surface area contributed by atoms with Crippen LogP contribution in [0.25, 0.3) is 5.69 Å². The SMILES string of the molecule is COc1ccc(C(CC(=O)O)CC(=O)Nc2cccc(-n3cccc3)c2)cc1. The Labute approximate surface area is 163 Å². The fourth-order valence-corrected chi connectivity index (χ4v) is 3.08. The van der Waals surface area contributed by atoms with Gasteiger partial charge in [-0.05, 0) is 48.0 Å². The minimum atomic E-state index is -0.941. The number of nitrogens with one attached hydrogen (secondary N) is 1. The molecule has 3 aromatic rings. The summed E-state index contributed by atoms with van der Waals surface area (Å²) in [7, 11) is 1.57. The van der Waals surface area contributed by atoms with Crippen LogP contribution in [0.5, 0.6) is 5.75 Å². The molecule has 0 saturated carbocycles. The summed E-state index contributed by atoms with van der Waals surface area (Å²) in [6.45, 7) is 0. The molecule has 1 unspecified atom stereocenters.